The normalized spacial score (nSPS) is 11.8. The molecule has 1 unspecified atom stereocenters. The first-order chi connectivity index (χ1) is 9.65. The van der Waals surface area contributed by atoms with Gasteiger partial charge in [0, 0.05) is 6.07 Å². The van der Waals surface area contributed by atoms with Gasteiger partial charge in [-0.1, -0.05) is 36.4 Å². The Morgan fingerprint density at radius 1 is 1.10 bits per heavy atom. The van der Waals surface area contributed by atoms with Crippen molar-refractivity contribution >= 4 is 5.97 Å². The summed E-state index contributed by atoms with van der Waals surface area (Å²) in [5.74, 6) is -0.962. The number of aliphatic carboxylic acids is 1. The summed E-state index contributed by atoms with van der Waals surface area (Å²) in [4.78, 5) is 11.3. The lowest BCUT2D eigenvalue weighted by Crippen LogP contribution is -2.23. The molecule has 0 saturated carbocycles. The third kappa shape index (κ3) is 4.02. The molecule has 1 atom stereocenters. The van der Waals surface area contributed by atoms with Crippen molar-refractivity contribution in [2.45, 2.75) is 6.42 Å². The van der Waals surface area contributed by atoms with Gasteiger partial charge >= 0.3 is 5.97 Å². The molecule has 0 aliphatic rings. The van der Waals surface area contributed by atoms with E-state index in [-0.39, 0.29) is 12.4 Å². The fourth-order valence-electron chi connectivity index (χ4n) is 1.89. The van der Waals surface area contributed by atoms with Gasteiger partial charge in [0.1, 0.15) is 18.1 Å². The Morgan fingerprint density at radius 2 is 1.85 bits per heavy atom. The molecule has 0 amide bonds. The highest BCUT2D eigenvalue weighted by Gasteiger charge is 2.19. The van der Waals surface area contributed by atoms with Gasteiger partial charge in [-0.15, -0.1) is 0 Å². The van der Waals surface area contributed by atoms with Crippen LogP contribution >= 0.6 is 0 Å². The van der Waals surface area contributed by atoms with Crippen LogP contribution in [0.4, 0.5) is 0 Å². The van der Waals surface area contributed by atoms with E-state index in [4.69, 9.17) is 4.74 Å². The van der Waals surface area contributed by atoms with Gasteiger partial charge in [-0.3, -0.25) is 4.79 Å². The zero-order valence-electron chi connectivity index (χ0n) is 10.9. The van der Waals surface area contributed by atoms with Gasteiger partial charge < -0.3 is 14.9 Å². The predicted octanol–water partition coefficient (Wildman–Crippen LogP) is 2.71. The second-order valence-electron chi connectivity index (χ2n) is 4.53. The maximum atomic E-state index is 11.3. The van der Waals surface area contributed by atoms with Crippen molar-refractivity contribution in [2.75, 3.05) is 6.61 Å². The third-order valence-corrected chi connectivity index (χ3v) is 2.94. The van der Waals surface area contributed by atoms with Crippen LogP contribution in [0, 0.1) is 5.92 Å². The fourth-order valence-corrected chi connectivity index (χ4v) is 1.89. The van der Waals surface area contributed by atoms with Crippen LogP contribution in [-0.2, 0) is 11.2 Å². The van der Waals surface area contributed by atoms with Crippen LogP contribution in [0.1, 0.15) is 5.56 Å². The summed E-state index contributed by atoms with van der Waals surface area (Å²) in [7, 11) is 0. The number of phenolic OH excluding ortho intramolecular Hbond substituents is 1. The molecule has 0 spiro atoms. The molecule has 0 radical (unpaired) electrons. The molecule has 2 N–H and O–H groups in total. The molecule has 0 saturated heterocycles. The summed E-state index contributed by atoms with van der Waals surface area (Å²) in [6.07, 6.45) is 0.412. The van der Waals surface area contributed by atoms with E-state index in [0.29, 0.717) is 12.2 Å². The zero-order chi connectivity index (χ0) is 14.4. The Morgan fingerprint density at radius 3 is 2.50 bits per heavy atom. The summed E-state index contributed by atoms with van der Waals surface area (Å²) in [6.45, 7) is 0.0632. The maximum Gasteiger partial charge on any atom is 0.310 e. The van der Waals surface area contributed by atoms with Gasteiger partial charge in [0.2, 0.25) is 0 Å². The molecule has 4 nitrogen and oxygen atoms in total. The van der Waals surface area contributed by atoms with E-state index in [9.17, 15) is 15.0 Å². The van der Waals surface area contributed by atoms with E-state index in [2.05, 4.69) is 0 Å². The van der Waals surface area contributed by atoms with Crippen LogP contribution < -0.4 is 4.74 Å². The first kappa shape index (κ1) is 13.9. The zero-order valence-corrected chi connectivity index (χ0v) is 10.9. The summed E-state index contributed by atoms with van der Waals surface area (Å²) < 4.78 is 5.44. The summed E-state index contributed by atoms with van der Waals surface area (Å²) in [5.41, 5.74) is 0.958. The standard InChI is InChI=1S/C16H16O4/c17-14-7-4-8-15(10-14)20-11-13(16(18)19)9-12-5-2-1-3-6-12/h1-8,10,13,17H,9,11H2,(H,18,19). The Labute approximate surface area is 117 Å². The van der Waals surface area contributed by atoms with E-state index < -0.39 is 11.9 Å². The Bertz CT molecular complexity index is 566. The highest BCUT2D eigenvalue weighted by Crippen LogP contribution is 2.19. The average Bonchev–Trinajstić information content (AvgIpc) is 2.44. The molecule has 0 aromatic heterocycles. The van der Waals surface area contributed by atoms with Crippen molar-refractivity contribution in [2.24, 2.45) is 5.92 Å². The van der Waals surface area contributed by atoms with Crippen LogP contribution in [-0.4, -0.2) is 22.8 Å². The summed E-state index contributed by atoms with van der Waals surface area (Å²) >= 11 is 0. The number of carboxylic acids is 1. The van der Waals surface area contributed by atoms with Crippen LogP contribution in [0.25, 0.3) is 0 Å². The second kappa shape index (κ2) is 6.61. The Balaban J connectivity index is 1.98. The van der Waals surface area contributed by atoms with Gasteiger partial charge in [0.25, 0.3) is 0 Å². The van der Waals surface area contributed by atoms with Crippen molar-refractivity contribution in [3.05, 3.63) is 60.2 Å². The van der Waals surface area contributed by atoms with Crippen LogP contribution in [0.15, 0.2) is 54.6 Å². The number of phenols is 1. The maximum absolute atomic E-state index is 11.3. The molecule has 0 aliphatic carbocycles. The topological polar surface area (TPSA) is 66.8 Å². The number of carboxylic acid groups (broad SMARTS) is 1. The Kier molecular flexibility index (Phi) is 4.60. The van der Waals surface area contributed by atoms with Crippen molar-refractivity contribution in [1.82, 2.24) is 0 Å². The van der Waals surface area contributed by atoms with Crippen molar-refractivity contribution < 1.29 is 19.7 Å². The van der Waals surface area contributed by atoms with Crippen LogP contribution in [0.5, 0.6) is 11.5 Å². The lowest BCUT2D eigenvalue weighted by atomic mass is 10.0. The number of hydrogen-bond donors (Lipinski definition) is 2. The summed E-state index contributed by atoms with van der Waals surface area (Å²) in [5, 5.41) is 18.6. The molecule has 4 heteroatoms. The Hall–Kier alpha value is -2.49. The van der Waals surface area contributed by atoms with Gasteiger partial charge in [-0.05, 0) is 24.1 Å². The van der Waals surface area contributed by atoms with E-state index in [1.807, 2.05) is 30.3 Å². The van der Waals surface area contributed by atoms with E-state index in [1.54, 1.807) is 12.1 Å². The number of hydrogen-bond acceptors (Lipinski definition) is 3. The first-order valence-electron chi connectivity index (χ1n) is 6.33. The molecule has 0 heterocycles. The monoisotopic (exact) mass is 272 g/mol. The van der Waals surface area contributed by atoms with Crippen LogP contribution in [0.3, 0.4) is 0 Å². The van der Waals surface area contributed by atoms with Gasteiger partial charge in [0.05, 0.1) is 5.92 Å². The molecule has 2 rings (SSSR count). The fraction of sp³-hybridized carbons (Fsp3) is 0.188. The van der Waals surface area contributed by atoms with Crippen molar-refractivity contribution in [3.8, 4) is 11.5 Å². The minimum absolute atomic E-state index is 0.0632. The lowest BCUT2D eigenvalue weighted by Gasteiger charge is -2.14. The smallest absolute Gasteiger partial charge is 0.310 e. The molecule has 0 fully saturated rings. The quantitative estimate of drug-likeness (QED) is 0.848. The SMILES string of the molecule is O=C(O)C(COc1cccc(O)c1)Cc1ccccc1. The largest absolute Gasteiger partial charge is 0.508 e. The van der Waals surface area contributed by atoms with Gasteiger partial charge in [-0.2, -0.15) is 0 Å². The highest BCUT2D eigenvalue weighted by molar-refractivity contribution is 5.70. The minimum atomic E-state index is -0.894. The number of rotatable bonds is 6. The summed E-state index contributed by atoms with van der Waals surface area (Å²) in [6, 6.07) is 15.8. The molecule has 104 valence electrons. The van der Waals surface area contributed by atoms with Gasteiger partial charge in [0.15, 0.2) is 0 Å². The molecule has 20 heavy (non-hydrogen) atoms. The van der Waals surface area contributed by atoms with Crippen molar-refractivity contribution in [3.63, 3.8) is 0 Å². The molecule has 0 bridgehead atoms. The highest BCUT2D eigenvalue weighted by atomic mass is 16.5. The van der Waals surface area contributed by atoms with E-state index >= 15 is 0 Å². The van der Waals surface area contributed by atoms with Gasteiger partial charge in [-0.25, -0.2) is 0 Å². The number of ether oxygens (including phenoxy) is 1. The van der Waals surface area contributed by atoms with E-state index in [1.165, 1.54) is 12.1 Å². The van der Waals surface area contributed by atoms with Crippen molar-refractivity contribution in [1.29, 1.82) is 0 Å². The second-order valence-corrected chi connectivity index (χ2v) is 4.53. The first-order valence-corrected chi connectivity index (χ1v) is 6.33. The molecule has 0 aliphatic heterocycles. The number of aromatic hydroxyl groups is 1. The molecule has 2 aromatic carbocycles. The van der Waals surface area contributed by atoms with Crippen LogP contribution in [0.2, 0.25) is 0 Å². The lowest BCUT2D eigenvalue weighted by molar-refractivity contribution is -0.142. The number of carbonyl (C=O) groups is 1. The molecule has 2 aromatic rings. The third-order valence-electron chi connectivity index (χ3n) is 2.94. The van der Waals surface area contributed by atoms with E-state index in [0.717, 1.165) is 5.56 Å². The molecular weight excluding hydrogens is 256 g/mol. The predicted molar refractivity (Wildman–Crippen MR) is 74.9 cm³/mol. The molecular formula is C16H16O4. The minimum Gasteiger partial charge on any atom is -0.508 e. The number of benzene rings is 2. The average molecular weight is 272 g/mol.